The molecule has 16 heavy (non-hydrogen) atoms. The van der Waals surface area contributed by atoms with Crippen LogP contribution in [0.2, 0.25) is 10.0 Å². The first-order chi connectivity index (χ1) is 7.41. The number of hydrogen-bond donors (Lipinski definition) is 0. The van der Waals surface area contributed by atoms with E-state index in [4.69, 9.17) is 23.2 Å². The van der Waals surface area contributed by atoms with Crippen LogP contribution < -0.4 is 0 Å². The highest BCUT2D eigenvalue weighted by Crippen LogP contribution is 2.23. The standard InChI is InChI=1S/C12H13Cl2NO/c1-8(15(2)3)6-12(16)9-4-5-10(13)11(14)7-9/h4-7H,1-3H3/b8-6-. The first-order valence-corrected chi connectivity index (χ1v) is 5.52. The Bertz CT molecular complexity index is 439. The Morgan fingerprint density at radius 2 is 1.88 bits per heavy atom. The molecule has 0 spiro atoms. The summed E-state index contributed by atoms with van der Waals surface area (Å²) in [5.74, 6) is -0.0789. The van der Waals surface area contributed by atoms with E-state index < -0.39 is 0 Å². The molecule has 0 aliphatic rings. The normalized spacial score (nSPS) is 11.4. The zero-order chi connectivity index (χ0) is 12.3. The van der Waals surface area contributed by atoms with Gasteiger partial charge in [-0.25, -0.2) is 0 Å². The topological polar surface area (TPSA) is 20.3 Å². The average molecular weight is 258 g/mol. The van der Waals surface area contributed by atoms with Crippen LogP contribution in [0.1, 0.15) is 17.3 Å². The summed E-state index contributed by atoms with van der Waals surface area (Å²) in [6.07, 6.45) is 1.57. The van der Waals surface area contributed by atoms with Gasteiger partial charge in [0.2, 0.25) is 0 Å². The minimum absolute atomic E-state index is 0.0789. The summed E-state index contributed by atoms with van der Waals surface area (Å²) < 4.78 is 0. The van der Waals surface area contributed by atoms with Crippen molar-refractivity contribution in [2.45, 2.75) is 6.92 Å². The summed E-state index contributed by atoms with van der Waals surface area (Å²) in [4.78, 5) is 13.7. The number of carbonyl (C=O) groups is 1. The average Bonchev–Trinajstić information content (AvgIpc) is 2.21. The summed E-state index contributed by atoms with van der Waals surface area (Å²) in [5, 5.41) is 0.843. The fourth-order valence-corrected chi connectivity index (χ4v) is 1.35. The predicted octanol–water partition coefficient (Wildman–Crippen LogP) is 3.64. The van der Waals surface area contributed by atoms with Crippen molar-refractivity contribution >= 4 is 29.0 Å². The second kappa shape index (κ2) is 5.37. The van der Waals surface area contributed by atoms with Crippen LogP contribution in [0.5, 0.6) is 0 Å². The van der Waals surface area contributed by atoms with Crippen molar-refractivity contribution in [2.75, 3.05) is 14.1 Å². The lowest BCUT2D eigenvalue weighted by molar-refractivity contribution is 0.104. The van der Waals surface area contributed by atoms with Gasteiger partial charge in [0.05, 0.1) is 10.0 Å². The molecule has 0 amide bonds. The number of halogens is 2. The SMILES string of the molecule is C/C(=C/C(=O)c1ccc(Cl)c(Cl)c1)N(C)C. The largest absolute Gasteiger partial charge is 0.381 e. The molecule has 0 bridgehead atoms. The van der Waals surface area contributed by atoms with Crippen molar-refractivity contribution in [2.24, 2.45) is 0 Å². The third kappa shape index (κ3) is 3.26. The van der Waals surface area contributed by atoms with E-state index in [1.165, 1.54) is 0 Å². The van der Waals surface area contributed by atoms with Gasteiger partial charge in [0, 0.05) is 31.4 Å². The van der Waals surface area contributed by atoms with Gasteiger partial charge in [-0.05, 0) is 25.1 Å². The summed E-state index contributed by atoms with van der Waals surface area (Å²) in [5.41, 5.74) is 1.42. The molecule has 1 aromatic rings. The van der Waals surface area contributed by atoms with Crippen molar-refractivity contribution in [1.82, 2.24) is 4.90 Å². The van der Waals surface area contributed by atoms with Gasteiger partial charge in [0.15, 0.2) is 5.78 Å². The molecule has 0 aromatic heterocycles. The second-order valence-corrected chi connectivity index (χ2v) is 4.49. The van der Waals surface area contributed by atoms with Crippen molar-refractivity contribution in [1.29, 1.82) is 0 Å². The molecule has 0 fully saturated rings. The van der Waals surface area contributed by atoms with Gasteiger partial charge in [-0.1, -0.05) is 23.2 Å². The highest BCUT2D eigenvalue weighted by atomic mass is 35.5. The molecule has 4 heteroatoms. The fourth-order valence-electron chi connectivity index (χ4n) is 1.05. The molecule has 86 valence electrons. The zero-order valence-corrected chi connectivity index (χ0v) is 10.9. The van der Waals surface area contributed by atoms with Gasteiger partial charge in [0.25, 0.3) is 0 Å². The van der Waals surface area contributed by atoms with Gasteiger partial charge in [-0.2, -0.15) is 0 Å². The van der Waals surface area contributed by atoms with Crippen molar-refractivity contribution in [3.05, 3.63) is 45.6 Å². The fraction of sp³-hybridized carbons (Fsp3) is 0.250. The van der Waals surface area contributed by atoms with Crippen LogP contribution in [0, 0.1) is 0 Å². The Hall–Kier alpha value is -0.990. The molecular weight excluding hydrogens is 245 g/mol. The number of ketones is 1. The lowest BCUT2D eigenvalue weighted by Crippen LogP contribution is -2.10. The highest BCUT2D eigenvalue weighted by Gasteiger charge is 2.06. The quantitative estimate of drug-likeness (QED) is 0.609. The van der Waals surface area contributed by atoms with Crippen LogP contribution in [0.3, 0.4) is 0 Å². The molecule has 0 radical (unpaired) electrons. The van der Waals surface area contributed by atoms with Gasteiger partial charge < -0.3 is 4.90 Å². The first-order valence-electron chi connectivity index (χ1n) is 4.77. The number of benzene rings is 1. The molecule has 2 nitrogen and oxygen atoms in total. The Balaban J connectivity index is 2.98. The molecule has 0 saturated carbocycles. The molecule has 0 N–H and O–H groups in total. The monoisotopic (exact) mass is 257 g/mol. The van der Waals surface area contributed by atoms with Crippen molar-refractivity contribution in [3.63, 3.8) is 0 Å². The van der Waals surface area contributed by atoms with Crippen LogP contribution in [-0.4, -0.2) is 24.8 Å². The minimum atomic E-state index is -0.0789. The number of allylic oxidation sites excluding steroid dienone is 2. The van der Waals surface area contributed by atoms with Gasteiger partial charge in [0.1, 0.15) is 0 Å². The van der Waals surface area contributed by atoms with E-state index in [0.717, 1.165) is 5.70 Å². The molecular formula is C12H13Cl2NO. The number of hydrogen-bond acceptors (Lipinski definition) is 2. The summed E-state index contributed by atoms with van der Waals surface area (Å²) >= 11 is 11.6. The van der Waals surface area contributed by atoms with Crippen molar-refractivity contribution in [3.8, 4) is 0 Å². The third-order valence-electron chi connectivity index (χ3n) is 2.25. The van der Waals surface area contributed by atoms with Gasteiger partial charge in [-0.3, -0.25) is 4.79 Å². The van der Waals surface area contributed by atoms with Crippen LogP contribution >= 0.6 is 23.2 Å². The molecule has 0 aliphatic carbocycles. The second-order valence-electron chi connectivity index (χ2n) is 3.67. The van der Waals surface area contributed by atoms with E-state index >= 15 is 0 Å². The minimum Gasteiger partial charge on any atom is -0.381 e. The molecule has 1 aromatic carbocycles. The molecule has 0 aliphatic heterocycles. The zero-order valence-electron chi connectivity index (χ0n) is 9.42. The molecule has 0 saturated heterocycles. The number of rotatable bonds is 3. The first kappa shape index (κ1) is 13.1. The highest BCUT2D eigenvalue weighted by molar-refractivity contribution is 6.42. The predicted molar refractivity (Wildman–Crippen MR) is 68.2 cm³/mol. The van der Waals surface area contributed by atoms with E-state index in [1.54, 1.807) is 24.3 Å². The van der Waals surface area contributed by atoms with Gasteiger partial charge >= 0.3 is 0 Å². The van der Waals surface area contributed by atoms with Gasteiger partial charge in [-0.15, -0.1) is 0 Å². The molecule has 0 atom stereocenters. The van der Waals surface area contributed by atoms with E-state index in [2.05, 4.69) is 0 Å². The summed E-state index contributed by atoms with van der Waals surface area (Å²) in [6.45, 7) is 1.87. The maximum Gasteiger partial charge on any atom is 0.187 e. The van der Waals surface area contributed by atoms with Crippen LogP contribution in [0.25, 0.3) is 0 Å². The van der Waals surface area contributed by atoms with E-state index in [9.17, 15) is 4.79 Å². The molecule has 0 unspecified atom stereocenters. The smallest absolute Gasteiger partial charge is 0.187 e. The number of carbonyl (C=O) groups excluding carboxylic acids is 1. The van der Waals surface area contributed by atoms with Crippen molar-refractivity contribution < 1.29 is 4.79 Å². The Kier molecular flexibility index (Phi) is 4.39. The van der Waals surface area contributed by atoms with Crippen LogP contribution in [-0.2, 0) is 0 Å². The lowest BCUT2D eigenvalue weighted by Gasteiger charge is -2.11. The van der Waals surface area contributed by atoms with Crippen LogP contribution in [0.15, 0.2) is 30.0 Å². The maximum atomic E-state index is 11.8. The summed E-state index contributed by atoms with van der Waals surface area (Å²) in [6, 6.07) is 4.86. The summed E-state index contributed by atoms with van der Waals surface area (Å²) in [7, 11) is 3.77. The Morgan fingerprint density at radius 1 is 1.25 bits per heavy atom. The Labute approximate surface area is 105 Å². The number of nitrogens with zero attached hydrogens (tertiary/aromatic N) is 1. The van der Waals surface area contributed by atoms with E-state index in [1.807, 2.05) is 25.9 Å². The lowest BCUT2D eigenvalue weighted by atomic mass is 10.1. The Morgan fingerprint density at radius 3 is 2.38 bits per heavy atom. The van der Waals surface area contributed by atoms with Crippen LogP contribution in [0.4, 0.5) is 0 Å². The molecule has 0 heterocycles. The van der Waals surface area contributed by atoms with E-state index in [-0.39, 0.29) is 5.78 Å². The third-order valence-corrected chi connectivity index (χ3v) is 2.99. The maximum absolute atomic E-state index is 11.8. The van der Waals surface area contributed by atoms with E-state index in [0.29, 0.717) is 15.6 Å². The molecule has 1 rings (SSSR count).